The van der Waals surface area contributed by atoms with Crippen molar-refractivity contribution in [2.75, 3.05) is 63.4 Å². The number of anilines is 2. The lowest BCUT2D eigenvalue weighted by atomic mass is 10.2. The van der Waals surface area contributed by atoms with Gasteiger partial charge in [0.15, 0.2) is 0 Å². The first-order valence-electron chi connectivity index (χ1n) is 13.6. The molecule has 2 aromatic carbocycles. The second-order valence-electron chi connectivity index (χ2n) is 7.42. The highest BCUT2D eigenvalue weighted by atomic mass is 32.2. The largest absolute Gasteiger partial charge is 0.490 e. The Morgan fingerprint density at radius 2 is 1.91 bits per heavy atom. The van der Waals surface area contributed by atoms with Gasteiger partial charge in [-0.1, -0.05) is 38.1 Å². The minimum absolute atomic E-state index is 0.0269. The molecule has 3 rings (SSSR count). The fourth-order valence-corrected chi connectivity index (χ4v) is 3.86. The summed E-state index contributed by atoms with van der Waals surface area (Å²) in [5.74, 6) is 3.24. The minimum Gasteiger partial charge on any atom is -0.490 e. The average Bonchev–Trinajstić information content (AvgIpc) is 3.07. The maximum absolute atomic E-state index is 12.9. The molecule has 0 aliphatic carbocycles. The number of carbonyl (C=O) groups is 2. The lowest BCUT2D eigenvalue weighted by molar-refractivity contribution is -0.117. The number of hydrogen-bond donors (Lipinski definition) is 3. The van der Waals surface area contributed by atoms with E-state index in [9.17, 15) is 9.59 Å². The number of hydrogen-bond acceptors (Lipinski definition) is 9. The van der Waals surface area contributed by atoms with E-state index in [-0.39, 0.29) is 11.3 Å². The van der Waals surface area contributed by atoms with Crippen molar-refractivity contribution in [3.05, 3.63) is 67.3 Å². The molecule has 1 unspecified atom stereocenters. The van der Waals surface area contributed by atoms with Gasteiger partial charge in [-0.15, -0.1) is 37.3 Å². The lowest BCUT2D eigenvalue weighted by Crippen LogP contribution is -2.42. The van der Waals surface area contributed by atoms with E-state index in [1.165, 1.54) is 14.0 Å². The Bertz CT molecular complexity index is 1070. The maximum atomic E-state index is 12.9. The van der Waals surface area contributed by atoms with Crippen LogP contribution in [0.15, 0.2) is 61.7 Å². The Kier molecular flexibility index (Phi) is 31.3. The fourth-order valence-electron chi connectivity index (χ4n) is 3.25. The number of nitrogens with one attached hydrogen (secondary N) is 2. The molecule has 0 bridgehead atoms. The molecule has 1 aliphatic heterocycles. The lowest BCUT2D eigenvalue weighted by Gasteiger charge is -2.32. The van der Waals surface area contributed by atoms with Crippen molar-refractivity contribution < 1.29 is 19.2 Å². The number of ether oxygens (including phenoxy) is 1. The third kappa shape index (κ3) is 18.2. The topological polar surface area (TPSA) is 133 Å². The summed E-state index contributed by atoms with van der Waals surface area (Å²) in [7, 11) is 5.05. The predicted molar refractivity (Wildman–Crippen MR) is 182 cm³/mol. The normalized spacial score (nSPS) is 10.6. The smallest absolute Gasteiger partial charge is 0.246 e. The second kappa shape index (κ2) is 30.9. The van der Waals surface area contributed by atoms with Gasteiger partial charge in [-0.2, -0.15) is 5.26 Å². The molecular formula is C32H50N6O4S. The number of benzene rings is 2. The van der Waals surface area contributed by atoms with E-state index in [2.05, 4.69) is 40.5 Å². The fraction of sp³-hybridized carbons (Fsp3) is 0.406. The van der Waals surface area contributed by atoms with Gasteiger partial charge in [0.2, 0.25) is 12.3 Å². The van der Waals surface area contributed by atoms with E-state index in [4.69, 9.17) is 21.3 Å². The third-order valence-electron chi connectivity index (χ3n) is 4.99. The van der Waals surface area contributed by atoms with E-state index < -0.39 is 0 Å². The minimum atomic E-state index is -0.135. The van der Waals surface area contributed by atoms with E-state index in [1.54, 1.807) is 36.8 Å². The third-order valence-corrected chi connectivity index (χ3v) is 5.79. The van der Waals surface area contributed by atoms with Crippen molar-refractivity contribution >= 4 is 35.5 Å². The summed E-state index contributed by atoms with van der Waals surface area (Å²) in [6.07, 6.45) is 8.10. The van der Waals surface area contributed by atoms with Gasteiger partial charge in [0, 0.05) is 39.7 Å². The highest BCUT2D eigenvalue weighted by Gasteiger charge is 2.22. The number of nitrogens with two attached hydrogens (primary N) is 1. The molecule has 1 atom stereocenters. The Balaban J connectivity index is -0.000000841. The average molecular weight is 615 g/mol. The number of terminal acetylenes is 1. The standard InChI is InChI=1S/C20H25N3O3S.C5H7NO.C2H3N.C2H6.C2H4.CH5N/c1-21-26-20(27-3)15-7-6-8-16(13-15)22(2)19(24)14-23-11-12-25-18-10-5-4-9-17(18)23;1-2-3-4-6-5-7;1-2-3;3*1-2/h4-10,13,20-21H,11-12,14H2,1-3H3;1,5H,3-4H2,(H,6,7);1H3;1-2H3;1-2H2;2H2,1H3. The van der Waals surface area contributed by atoms with Gasteiger partial charge in [0.25, 0.3) is 0 Å². The zero-order valence-corrected chi connectivity index (χ0v) is 27.6. The first-order valence-corrected chi connectivity index (χ1v) is 14.9. The number of rotatable bonds is 10. The highest BCUT2D eigenvalue weighted by molar-refractivity contribution is 7.98. The molecule has 11 heteroatoms. The molecule has 10 nitrogen and oxygen atoms in total. The summed E-state index contributed by atoms with van der Waals surface area (Å²) < 4.78 is 5.67. The van der Waals surface area contributed by atoms with Crippen molar-refractivity contribution in [2.45, 2.75) is 32.6 Å². The number of thioether (sulfide) groups is 1. The maximum Gasteiger partial charge on any atom is 0.246 e. The van der Waals surface area contributed by atoms with Gasteiger partial charge in [0.1, 0.15) is 17.8 Å². The summed E-state index contributed by atoms with van der Waals surface area (Å²) in [5.41, 5.74) is 9.91. The molecule has 1 heterocycles. The van der Waals surface area contributed by atoms with E-state index in [0.717, 1.165) is 22.7 Å². The van der Waals surface area contributed by atoms with Gasteiger partial charge in [-0.25, -0.2) is 5.48 Å². The van der Waals surface area contributed by atoms with E-state index >= 15 is 0 Å². The zero-order valence-electron chi connectivity index (χ0n) is 26.8. The first kappa shape index (κ1) is 43.5. The van der Waals surface area contributed by atoms with Gasteiger partial charge >= 0.3 is 0 Å². The Labute approximate surface area is 263 Å². The molecule has 1 aliphatic rings. The molecule has 43 heavy (non-hydrogen) atoms. The Morgan fingerprint density at radius 3 is 2.47 bits per heavy atom. The van der Waals surface area contributed by atoms with Crippen LogP contribution in [0, 0.1) is 23.7 Å². The van der Waals surface area contributed by atoms with Crippen LogP contribution in [-0.4, -0.2) is 66.0 Å². The van der Waals surface area contributed by atoms with Crippen LogP contribution < -0.4 is 31.1 Å². The molecule has 0 aromatic heterocycles. The van der Waals surface area contributed by atoms with Gasteiger partial charge in [-0.3, -0.25) is 14.4 Å². The number of hydroxylamine groups is 1. The Morgan fingerprint density at radius 1 is 1.28 bits per heavy atom. The number of carbonyl (C=O) groups excluding carboxylic acids is 2. The van der Waals surface area contributed by atoms with Crippen LogP contribution in [0.1, 0.15) is 38.2 Å². The molecule has 0 saturated heterocycles. The number of amides is 2. The first-order chi connectivity index (χ1) is 21.0. The number of para-hydroxylation sites is 2. The molecular weight excluding hydrogens is 564 g/mol. The van der Waals surface area contributed by atoms with Crippen molar-refractivity contribution in [3.8, 4) is 24.2 Å². The van der Waals surface area contributed by atoms with Crippen LogP contribution in [0.4, 0.5) is 11.4 Å². The van der Waals surface area contributed by atoms with Gasteiger partial charge in [-0.05, 0) is 43.1 Å². The zero-order chi connectivity index (χ0) is 33.5. The van der Waals surface area contributed by atoms with Crippen LogP contribution in [0.25, 0.3) is 0 Å². The monoisotopic (exact) mass is 614 g/mol. The Hall–Kier alpha value is -4.00. The highest BCUT2D eigenvalue weighted by Crippen LogP contribution is 2.32. The number of fused-ring (bicyclic) bond motifs is 1. The van der Waals surface area contributed by atoms with Crippen LogP contribution in [0.3, 0.4) is 0 Å². The summed E-state index contributed by atoms with van der Waals surface area (Å²) in [6.45, 7) is 13.6. The van der Waals surface area contributed by atoms with Crippen LogP contribution in [0.5, 0.6) is 5.75 Å². The molecule has 2 aromatic rings. The van der Waals surface area contributed by atoms with Gasteiger partial charge < -0.3 is 25.6 Å². The predicted octanol–water partition coefficient (Wildman–Crippen LogP) is 4.75. The summed E-state index contributed by atoms with van der Waals surface area (Å²) >= 11 is 1.59. The van der Waals surface area contributed by atoms with Crippen LogP contribution in [-0.2, 0) is 14.4 Å². The van der Waals surface area contributed by atoms with E-state index in [1.807, 2.05) is 68.6 Å². The van der Waals surface area contributed by atoms with Crippen LogP contribution in [0.2, 0.25) is 0 Å². The number of nitriles is 1. The summed E-state index contributed by atoms with van der Waals surface area (Å²) in [6, 6.07) is 17.4. The molecule has 2 amide bonds. The van der Waals surface area contributed by atoms with E-state index in [0.29, 0.717) is 39.1 Å². The molecule has 4 N–H and O–H groups in total. The molecule has 0 fully saturated rings. The number of nitrogens with zero attached hydrogens (tertiary/aromatic N) is 3. The van der Waals surface area contributed by atoms with Crippen molar-refractivity contribution in [1.29, 1.82) is 5.26 Å². The SMILES string of the molecule is C#CCCNC=O.C=C.CC.CC#N.CN.CNOC(SC)c1cccc(N(C)C(=O)CN2CCOc3ccccc32)c1. The second-order valence-corrected chi connectivity index (χ2v) is 8.32. The quantitative estimate of drug-likeness (QED) is 0.0866. The molecule has 0 saturated carbocycles. The molecule has 0 spiro atoms. The van der Waals surface area contributed by atoms with Gasteiger partial charge in [0.05, 0.1) is 24.8 Å². The van der Waals surface area contributed by atoms with Crippen molar-refractivity contribution in [2.24, 2.45) is 5.73 Å². The summed E-state index contributed by atoms with van der Waals surface area (Å²) in [4.78, 5) is 31.7. The number of likely N-dealkylation sites (N-methyl/N-ethyl adjacent to an activating group) is 1. The summed E-state index contributed by atoms with van der Waals surface area (Å²) in [5, 5.41) is 9.75. The molecule has 0 radical (unpaired) electrons. The van der Waals surface area contributed by atoms with Crippen molar-refractivity contribution in [1.82, 2.24) is 10.8 Å². The molecule has 238 valence electrons. The van der Waals surface area contributed by atoms with Crippen LogP contribution >= 0.6 is 11.8 Å². The van der Waals surface area contributed by atoms with Crippen molar-refractivity contribution in [3.63, 3.8) is 0 Å².